The molecular weight excluding hydrogens is 282 g/mol. The number of hydrogen-bond acceptors (Lipinski definition) is 3. The van der Waals surface area contributed by atoms with E-state index in [2.05, 4.69) is 5.32 Å². The van der Waals surface area contributed by atoms with Gasteiger partial charge in [-0.2, -0.15) is 0 Å². The van der Waals surface area contributed by atoms with Crippen molar-refractivity contribution in [2.45, 2.75) is 44.6 Å². The number of aliphatic carboxylic acids is 1. The second kappa shape index (κ2) is 7.82. The van der Waals surface area contributed by atoms with Crippen molar-refractivity contribution in [1.82, 2.24) is 5.32 Å². The summed E-state index contributed by atoms with van der Waals surface area (Å²) in [7, 11) is 1.52. The van der Waals surface area contributed by atoms with Crippen LogP contribution in [0.4, 0.5) is 0 Å². The van der Waals surface area contributed by atoms with Crippen molar-refractivity contribution in [3.8, 4) is 5.75 Å². The van der Waals surface area contributed by atoms with Crippen LogP contribution in [-0.4, -0.2) is 30.1 Å². The van der Waals surface area contributed by atoms with E-state index < -0.39 is 11.9 Å². The van der Waals surface area contributed by atoms with Crippen LogP contribution in [0.3, 0.4) is 0 Å². The first-order valence-electron chi connectivity index (χ1n) is 7.80. The van der Waals surface area contributed by atoms with Gasteiger partial charge in [0.15, 0.2) is 0 Å². The van der Waals surface area contributed by atoms with E-state index in [4.69, 9.17) is 4.74 Å². The second-order valence-electron chi connectivity index (χ2n) is 5.72. The zero-order valence-corrected chi connectivity index (χ0v) is 12.9. The zero-order valence-electron chi connectivity index (χ0n) is 12.9. The summed E-state index contributed by atoms with van der Waals surface area (Å²) in [4.78, 5) is 24.0. The quantitative estimate of drug-likeness (QED) is 0.897. The van der Waals surface area contributed by atoms with Crippen LogP contribution in [0.2, 0.25) is 0 Å². The van der Waals surface area contributed by atoms with Crippen molar-refractivity contribution in [2.24, 2.45) is 5.92 Å². The number of amides is 1. The van der Waals surface area contributed by atoms with Gasteiger partial charge in [0.2, 0.25) is 0 Å². The molecule has 0 aromatic heterocycles. The highest BCUT2D eigenvalue weighted by atomic mass is 16.5. The molecule has 2 N–H and O–H groups in total. The molecular formula is C17H23NO4. The minimum atomic E-state index is -0.827. The lowest BCUT2D eigenvalue weighted by Crippen LogP contribution is -2.44. The molecule has 0 radical (unpaired) electrons. The second-order valence-corrected chi connectivity index (χ2v) is 5.72. The molecule has 2 rings (SSSR count). The first-order chi connectivity index (χ1) is 10.6. The Bertz CT molecular complexity index is 529. The molecule has 2 unspecified atom stereocenters. The number of nitrogens with one attached hydrogen (secondary N) is 1. The average Bonchev–Trinajstić information content (AvgIpc) is 2.49. The van der Waals surface area contributed by atoms with Gasteiger partial charge in [-0.3, -0.25) is 9.59 Å². The molecule has 2 atom stereocenters. The number of carboxylic acid groups (broad SMARTS) is 1. The third-order valence-electron chi connectivity index (χ3n) is 4.25. The fourth-order valence-electron chi connectivity index (χ4n) is 3.03. The molecule has 0 saturated heterocycles. The topological polar surface area (TPSA) is 75.6 Å². The summed E-state index contributed by atoms with van der Waals surface area (Å²) in [6.45, 7) is 0. The lowest BCUT2D eigenvalue weighted by Gasteiger charge is -2.27. The van der Waals surface area contributed by atoms with Gasteiger partial charge in [-0.25, -0.2) is 0 Å². The molecule has 0 heterocycles. The predicted octanol–water partition coefficient (Wildman–Crippen LogP) is 2.85. The summed E-state index contributed by atoms with van der Waals surface area (Å²) in [6.07, 6.45) is 5.33. The van der Waals surface area contributed by atoms with Gasteiger partial charge in [-0.05, 0) is 25.0 Å². The maximum absolute atomic E-state index is 12.5. The molecule has 1 fully saturated rings. The molecule has 22 heavy (non-hydrogen) atoms. The van der Waals surface area contributed by atoms with E-state index in [9.17, 15) is 14.7 Å². The van der Waals surface area contributed by atoms with Gasteiger partial charge < -0.3 is 15.2 Å². The van der Waals surface area contributed by atoms with E-state index in [1.807, 2.05) is 0 Å². The lowest BCUT2D eigenvalue weighted by molar-refractivity contribution is -0.143. The van der Waals surface area contributed by atoms with E-state index in [-0.39, 0.29) is 11.9 Å². The standard InChI is InChI=1S/C17H23NO4/c1-22-15-11-7-6-9-13(15)16(19)18-14-10-5-3-2-4-8-12(14)17(20)21/h6-7,9,11-12,14H,2-5,8,10H2,1H3,(H,18,19)(H,20,21). The molecule has 0 bridgehead atoms. The van der Waals surface area contributed by atoms with Crippen LogP contribution in [0.25, 0.3) is 0 Å². The molecule has 1 aromatic carbocycles. The van der Waals surface area contributed by atoms with Crippen molar-refractivity contribution < 1.29 is 19.4 Å². The first-order valence-corrected chi connectivity index (χ1v) is 7.80. The number of benzene rings is 1. The monoisotopic (exact) mass is 305 g/mol. The van der Waals surface area contributed by atoms with Gasteiger partial charge in [0.1, 0.15) is 5.75 Å². The van der Waals surface area contributed by atoms with Crippen LogP contribution in [0, 0.1) is 5.92 Å². The van der Waals surface area contributed by atoms with Gasteiger partial charge in [0, 0.05) is 6.04 Å². The molecule has 0 aliphatic heterocycles. The minimum absolute atomic E-state index is 0.269. The van der Waals surface area contributed by atoms with Crippen molar-refractivity contribution in [3.63, 3.8) is 0 Å². The summed E-state index contributed by atoms with van der Waals surface area (Å²) in [5.41, 5.74) is 0.441. The molecule has 0 spiro atoms. The van der Waals surface area contributed by atoms with Crippen LogP contribution in [0.1, 0.15) is 48.9 Å². The Morgan fingerprint density at radius 2 is 1.82 bits per heavy atom. The molecule has 1 aliphatic carbocycles. The fraction of sp³-hybridized carbons (Fsp3) is 0.529. The van der Waals surface area contributed by atoms with Gasteiger partial charge in [0.25, 0.3) is 5.91 Å². The van der Waals surface area contributed by atoms with Crippen molar-refractivity contribution in [2.75, 3.05) is 7.11 Å². The van der Waals surface area contributed by atoms with E-state index >= 15 is 0 Å². The van der Waals surface area contributed by atoms with E-state index in [1.165, 1.54) is 7.11 Å². The third kappa shape index (κ3) is 4.00. The third-order valence-corrected chi connectivity index (χ3v) is 4.25. The lowest BCUT2D eigenvalue weighted by atomic mass is 9.86. The van der Waals surface area contributed by atoms with Crippen LogP contribution in [0.5, 0.6) is 5.75 Å². The summed E-state index contributed by atoms with van der Waals surface area (Å²) in [5.74, 6) is -1.11. The van der Waals surface area contributed by atoms with Gasteiger partial charge in [0.05, 0.1) is 18.6 Å². The smallest absolute Gasteiger partial charge is 0.308 e. The van der Waals surface area contributed by atoms with E-state index in [0.717, 1.165) is 25.7 Å². The van der Waals surface area contributed by atoms with E-state index in [0.29, 0.717) is 24.2 Å². The van der Waals surface area contributed by atoms with Crippen molar-refractivity contribution in [3.05, 3.63) is 29.8 Å². The maximum Gasteiger partial charge on any atom is 0.308 e. The first kappa shape index (κ1) is 16.3. The molecule has 1 aromatic rings. The number of carbonyl (C=O) groups is 2. The summed E-state index contributed by atoms with van der Waals surface area (Å²) in [5, 5.41) is 12.3. The number of hydrogen-bond donors (Lipinski definition) is 2. The largest absolute Gasteiger partial charge is 0.496 e. The molecule has 1 aliphatic rings. The minimum Gasteiger partial charge on any atom is -0.496 e. The Morgan fingerprint density at radius 1 is 1.14 bits per heavy atom. The van der Waals surface area contributed by atoms with Crippen molar-refractivity contribution in [1.29, 1.82) is 0 Å². The van der Waals surface area contributed by atoms with Gasteiger partial charge in [-0.1, -0.05) is 37.8 Å². The molecule has 5 heteroatoms. The summed E-state index contributed by atoms with van der Waals surface area (Å²) >= 11 is 0. The van der Waals surface area contributed by atoms with Crippen LogP contribution >= 0.6 is 0 Å². The van der Waals surface area contributed by atoms with Gasteiger partial charge in [-0.15, -0.1) is 0 Å². The SMILES string of the molecule is COc1ccccc1C(=O)NC1CCCCCCC1C(=O)O. The molecule has 120 valence electrons. The Balaban J connectivity index is 2.14. The number of ether oxygens (including phenoxy) is 1. The highest BCUT2D eigenvalue weighted by molar-refractivity contribution is 5.97. The Hall–Kier alpha value is -2.04. The van der Waals surface area contributed by atoms with Crippen LogP contribution < -0.4 is 10.1 Å². The highest BCUT2D eigenvalue weighted by Crippen LogP contribution is 2.24. The Labute approximate surface area is 130 Å². The van der Waals surface area contributed by atoms with Crippen LogP contribution in [0.15, 0.2) is 24.3 Å². The molecule has 5 nitrogen and oxygen atoms in total. The number of methoxy groups -OCH3 is 1. The number of rotatable bonds is 4. The van der Waals surface area contributed by atoms with Crippen LogP contribution in [-0.2, 0) is 4.79 Å². The molecule has 1 saturated carbocycles. The molecule has 1 amide bonds. The fourth-order valence-corrected chi connectivity index (χ4v) is 3.03. The van der Waals surface area contributed by atoms with Gasteiger partial charge >= 0.3 is 5.97 Å². The Kier molecular flexibility index (Phi) is 5.81. The number of carboxylic acids is 1. The van der Waals surface area contributed by atoms with Crippen molar-refractivity contribution >= 4 is 11.9 Å². The number of para-hydroxylation sites is 1. The highest BCUT2D eigenvalue weighted by Gasteiger charge is 2.30. The average molecular weight is 305 g/mol. The zero-order chi connectivity index (χ0) is 15.9. The summed E-state index contributed by atoms with van der Waals surface area (Å²) < 4.78 is 5.20. The normalized spacial score (nSPS) is 22.2. The number of carbonyl (C=O) groups excluding carboxylic acids is 1. The summed E-state index contributed by atoms with van der Waals surface area (Å²) in [6, 6.07) is 6.65. The van der Waals surface area contributed by atoms with E-state index in [1.54, 1.807) is 24.3 Å². The Morgan fingerprint density at radius 3 is 2.50 bits per heavy atom. The predicted molar refractivity (Wildman–Crippen MR) is 83.1 cm³/mol. The maximum atomic E-state index is 12.5.